The van der Waals surface area contributed by atoms with E-state index in [-0.39, 0.29) is 30.4 Å². The first-order valence-electron chi connectivity index (χ1n) is 7.50. The summed E-state index contributed by atoms with van der Waals surface area (Å²) in [6, 6.07) is -0.472. The number of amides is 3. The fraction of sp³-hybridized carbons (Fsp3) is 0.786. The van der Waals surface area contributed by atoms with Crippen LogP contribution < -0.4 is 5.32 Å². The van der Waals surface area contributed by atoms with Crippen LogP contribution in [0, 0.1) is 0 Å². The zero-order valence-corrected chi connectivity index (χ0v) is 12.4. The van der Waals surface area contributed by atoms with Gasteiger partial charge in [-0.1, -0.05) is 0 Å². The van der Waals surface area contributed by atoms with Gasteiger partial charge >= 0.3 is 12.0 Å². The van der Waals surface area contributed by atoms with E-state index >= 15 is 0 Å². The zero-order chi connectivity index (χ0) is 15.4. The Morgan fingerprint density at radius 1 is 1.33 bits per heavy atom. The lowest BCUT2D eigenvalue weighted by atomic mass is 9.99. The summed E-state index contributed by atoms with van der Waals surface area (Å²) < 4.78 is 0. The molecular weight excluding hydrogens is 274 g/mol. The van der Waals surface area contributed by atoms with Crippen LogP contribution in [-0.2, 0) is 9.59 Å². The summed E-state index contributed by atoms with van der Waals surface area (Å²) in [5.41, 5.74) is 0. The van der Waals surface area contributed by atoms with Gasteiger partial charge < -0.3 is 20.2 Å². The molecule has 2 aliphatic rings. The van der Waals surface area contributed by atoms with Crippen molar-refractivity contribution in [3.8, 4) is 0 Å². The minimum Gasteiger partial charge on any atom is -0.481 e. The SMILES string of the molecule is CN1CC(NC(=O)N2CCCCC2CC(=O)O)CCC1=O. The molecule has 2 atom stereocenters. The molecule has 7 heteroatoms. The lowest BCUT2D eigenvalue weighted by molar-refractivity contribution is -0.138. The molecule has 2 N–H and O–H groups in total. The number of piperidine rings is 2. The number of likely N-dealkylation sites (N-methyl/N-ethyl adjacent to an activating group) is 1. The number of likely N-dealkylation sites (tertiary alicyclic amines) is 2. The van der Waals surface area contributed by atoms with E-state index < -0.39 is 5.97 Å². The summed E-state index contributed by atoms with van der Waals surface area (Å²) in [4.78, 5) is 38.0. The maximum Gasteiger partial charge on any atom is 0.317 e. The largest absolute Gasteiger partial charge is 0.481 e. The van der Waals surface area contributed by atoms with E-state index in [9.17, 15) is 14.4 Å². The summed E-state index contributed by atoms with van der Waals surface area (Å²) in [5.74, 6) is -0.773. The number of hydrogen-bond acceptors (Lipinski definition) is 3. The van der Waals surface area contributed by atoms with Crippen molar-refractivity contribution in [2.45, 2.75) is 50.6 Å². The van der Waals surface area contributed by atoms with E-state index in [0.29, 0.717) is 25.9 Å². The van der Waals surface area contributed by atoms with Crippen molar-refractivity contribution in [1.82, 2.24) is 15.1 Å². The van der Waals surface area contributed by atoms with Crippen LogP contribution in [0.4, 0.5) is 4.79 Å². The number of aliphatic carboxylic acids is 1. The van der Waals surface area contributed by atoms with Crippen LogP contribution in [0.15, 0.2) is 0 Å². The number of rotatable bonds is 3. The Hall–Kier alpha value is -1.79. The van der Waals surface area contributed by atoms with Gasteiger partial charge in [-0.05, 0) is 25.7 Å². The molecule has 21 heavy (non-hydrogen) atoms. The number of carboxylic acids is 1. The predicted octanol–water partition coefficient (Wildman–Crippen LogP) is 0.646. The molecule has 2 saturated heterocycles. The van der Waals surface area contributed by atoms with Gasteiger partial charge in [0.25, 0.3) is 0 Å². The van der Waals surface area contributed by atoms with Gasteiger partial charge in [-0.15, -0.1) is 0 Å². The molecule has 0 aliphatic carbocycles. The van der Waals surface area contributed by atoms with E-state index in [0.717, 1.165) is 19.3 Å². The maximum atomic E-state index is 12.4. The molecule has 2 unspecified atom stereocenters. The highest BCUT2D eigenvalue weighted by atomic mass is 16.4. The summed E-state index contributed by atoms with van der Waals surface area (Å²) in [5, 5.41) is 11.9. The molecule has 2 fully saturated rings. The Balaban J connectivity index is 1.91. The van der Waals surface area contributed by atoms with Crippen molar-refractivity contribution in [2.75, 3.05) is 20.1 Å². The van der Waals surface area contributed by atoms with Crippen LogP contribution in [0.25, 0.3) is 0 Å². The lowest BCUT2D eigenvalue weighted by Crippen LogP contribution is -2.55. The first kappa shape index (κ1) is 15.6. The van der Waals surface area contributed by atoms with Gasteiger partial charge in [-0.2, -0.15) is 0 Å². The van der Waals surface area contributed by atoms with Crippen molar-refractivity contribution in [3.05, 3.63) is 0 Å². The highest BCUT2D eigenvalue weighted by Gasteiger charge is 2.31. The third-order valence-electron chi connectivity index (χ3n) is 4.25. The fourth-order valence-electron chi connectivity index (χ4n) is 3.07. The van der Waals surface area contributed by atoms with Crippen LogP contribution in [-0.4, -0.2) is 65.0 Å². The lowest BCUT2D eigenvalue weighted by Gasteiger charge is -2.37. The van der Waals surface area contributed by atoms with Crippen molar-refractivity contribution in [1.29, 1.82) is 0 Å². The highest BCUT2D eigenvalue weighted by Crippen LogP contribution is 2.20. The predicted molar refractivity (Wildman–Crippen MR) is 75.8 cm³/mol. The number of carbonyl (C=O) groups is 3. The minimum absolute atomic E-state index is 0.00350. The molecule has 3 amide bonds. The van der Waals surface area contributed by atoms with Crippen molar-refractivity contribution >= 4 is 17.9 Å². The normalized spacial score (nSPS) is 26.6. The Morgan fingerprint density at radius 2 is 2.10 bits per heavy atom. The van der Waals surface area contributed by atoms with Gasteiger partial charge in [0.2, 0.25) is 5.91 Å². The number of hydrogen-bond donors (Lipinski definition) is 2. The topological polar surface area (TPSA) is 90.0 Å². The summed E-state index contributed by atoms with van der Waals surface area (Å²) in [6.45, 7) is 1.12. The number of nitrogens with zero attached hydrogens (tertiary/aromatic N) is 2. The van der Waals surface area contributed by atoms with E-state index in [1.165, 1.54) is 0 Å². The van der Waals surface area contributed by atoms with Crippen LogP contribution in [0.5, 0.6) is 0 Å². The quantitative estimate of drug-likeness (QED) is 0.800. The van der Waals surface area contributed by atoms with Crippen LogP contribution >= 0.6 is 0 Å². The molecule has 0 aromatic rings. The Morgan fingerprint density at radius 3 is 2.76 bits per heavy atom. The Labute approximate surface area is 124 Å². The molecule has 0 bridgehead atoms. The molecule has 2 rings (SSSR count). The van der Waals surface area contributed by atoms with Gasteiger partial charge in [0.15, 0.2) is 0 Å². The van der Waals surface area contributed by atoms with Crippen LogP contribution in [0.3, 0.4) is 0 Å². The molecule has 0 aromatic heterocycles. The van der Waals surface area contributed by atoms with Crippen molar-refractivity contribution in [3.63, 3.8) is 0 Å². The molecule has 7 nitrogen and oxygen atoms in total. The van der Waals surface area contributed by atoms with E-state index in [2.05, 4.69) is 5.32 Å². The number of carboxylic acid groups (broad SMARTS) is 1. The molecule has 2 heterocycles. The first-order chi connectivity index (χ1) is 9.97. The van der Waals surface area contributed by atoms with Gasteiger partial charge in [0.1, 0.15) is 0 Å². The van der Waals surface area contributed by atoms with Crippen LogP contribution in [0.2, 0.25) is 0 Å². The minimum atomic E-state index is -0.873. The highest BCUT2D eigenvalue weighted by molar-refractivity contribution is 5.79. The number of nitrogens with one attached hydrogen (secondary N) is 1. The zero-order valence-electron chi connectivity index (χ0n) is 12.4. The maximum absolute atomic E-state index is 12.4. The molecule has 0 spiro atoms. The van der Waals surface area contributed by atoms with Gasteiger partial charge in [-0.3, -0.25) is 9.59 Å². The van der Waals surface area contributed by atoms with Gasteiger partial charge in [-0.25, -0.2) is 4.79 Å². The van der Waals surface area contributed by atoms with E-state index in [1.807, 2.05) is 0 Å². The molecule has 0 aromatic carbocycles. The standard InChI is InChI=1S/C14H23N3O4/c1-16-9-10(5-6-12(16)18)15-14(21)17-7-3-2-4-11(17)8-13(19)20/h10-11H,2-9H2,1H3,(H,15,21)(H,19,20). The molecule has 2 aliphatic heterocycles. The average Bonchev–Trinajstić information content (AvgIpc) is 2.43. The average molecular weight is 297 g/mol. The van der Waals surface area contributed by atoms with E-state index in [1.54, 1.807) is 16.8 Å². The smallest absolute Gasteiger partial charge is 0.317 e. The summed E-state index contributed by atoms with van der Waals surface area (Å²) in [6.07, 6.45) is 3.70. The molecular formula is C14H23N3O4. The third-order valence-corrected chi connectivity index (χ3v) is 4.25. The van der Waals surface area contributed by atoms with Crippen molar-refractivity contribution < 1.29 is 19.5 Å². The second kappa shape index (κ2) is 6.78. The van der Waals surface area contributed by atoms with Gasteiger partial charge in [0, 0.05) is 38.6 Å². The first-order valence-corrected chi connectivity index (χ1v) is 7.50. The molecule has 0 radical (unpaired) electrons. The van der Waals surface area contributed by atoms with Crippen LogP contribution in [0.1, 0.15) is 38.5 Å². The monoisotopic (exact) mass is 297 g/mol. The fourth-order valence-corrected chi connectivity index (χ4v) is 3.07. The number of urea groups is 1. The second-order valence-electron chi connectivity index (χ2n) is 5.90. The van der Waals surface area contributed by atoms with Gasteiger partial charge in [0.05, 0.1) is 6.42 Å². The molecule has 0 saturated carbocycles. The third kappa shape index (κ3) is 4.09. The summed E-state index contributed by atoms with van der Waals surface area (Å²) >= 11 is 0. The van der Waals surface area contributed by atoms with Crippen molar-refractivity contribution in [2.24, 2.45) is 0 Å². The molecule has 118 valence electrons. The number of carbonyl (C=O) groups excluding carboxylic acids is 2. The Kier molecular flexibility index (Phi) is 5.03. The Bertz CT molecular complexity index is 426. The summed E-state index contributed by atoms with van der Waals surface area (Å²) in [7, 11) is 1.73. The van der Waals surface area contributed by atoms with E-state index in [4.69, 9.17) is 5.11 Å². The second-order valence-corrected chi connectivity index (χ2v) is 5.90.